The van der Waals surface area contributed by atoms with Crippen LogP contribution in [0.5, 0.6) is 0 Å². The van der Waals surface area contributed by atoms with E-state index in [-0.39, 0.29) is 36.0 Å². The number of aryl methyl sites for hydroxylation is 4. The van der Waals surface area contributed by atoms with E-state index in [1.54, 1.807) is 42.6 Å². The Morgan fingerprint density at radius 1 is 0.676 bits per heavy atom. The van der Waals surface area contributed by atoms with E-state index in [0.717, 1.165) is 64.6 Å². The molecule has 346 valence electrons. The van der Waals surface area contributed by atoms with Gasteiger partial charge in [0.1, 0.15) is 6.67 Å². The van der Waals surface area contributed by atoms with Crippen LogP contribution in [0.3, 0.4) is 0 Å². The molecular formula is C50H49FN12O3S2. The number of imidazole rings is 1. The molecule has 4 fully saturated rings. The molecule has 1 N–H and O–H groups in total. The largest absolute Gasteiger partial charge is 0.334 e. The number of H-pyrrole nitrogens is 1. The van der Waals surface area contributed by atoms with Crippen LogP contribution in [0.1, 0.15) is 50.2 Å². The van der Waals surface area contributed by atoms with Crippen LogP contribution < -0.4 is 5.56 Å². The molecule has 0 bridgehead atoms. The first-order valence-electron chi connectivity index (χ1n) is 23.0. The van der Waals surface area contributed by atoms with Gasteiger partial charge in [0, 0.05) is 36.7 Å². The molecular weight excluding hydrogens is 900 g/mol. The van der Waals surface area contributed by atoms with Crippen LogP contribution in [0.2, 0.25) is 0 Å². The fourth-order valence-electron chi connectivity index (χ4n) is 10.1. The molecule has 2 aliphatic heterocycles. The predicted molar refractivity (Wildman–Crippen MR) is 259 cm³/mol. The van der Waals surface area contributed by atoms with Gasteiger partial charge in [0.2, 0.25) is 0 Å². The number of carbonyl (C=O) groups is 2. The van der Waals surface area contributed by atoms with Crippen molar-refractivity contribution < 1.29 is 14.0 Å². The fraction of sp³-hybridized carbons (Fsp3) is 0.340. The Kier molecular flexibility index (Phi) is 11.7. The highest BCUT2D eigenvalue weighted by atomic mass is 32.2. The highest BCUT2D eigenvalue weighted by Gasteiger charge is 2.55. The van der Waals surface area contributed by atoms with Crippen molar-refractivity contribution in [3.8, 4) is 11.4 Å². The van der Waals surface area contributed by atoms with E-state index in [2.05, 4.69) is 30.4 Å². The van der Waals surface area contributed by atoms with Crippen molar-refractivity contribution in [2.45, 2.75) is 62.6 Å². The minimum Gasteiger partial charge on any atom is -0.334 e. The molecule has 15 nitrogen and oxygen atoms in total. The third kappa shape index (κ3) is 8.48. The number of hydrogen-bond acceptors (Lipinski definition) is 11. The fourth-order valence-corrected chi connectivity index (χ4v) is 12.4. The number of rotatable bonds is 12. The lowest BCUT2D eigenvalue weighted by atomic mass is 10.1. The number of nitrogens with one attached hydrogen (secondary N) is 1. The molecule has 2 saturated carbocycles. The van der Waals surface area contributed by atoms with Crippen LogP contribution in [0.4, 0.5) is 4.39 Å². The number of piperidine rings is 2. The van der Waals surface area contributed by atoms with E-state index >= 15 is 0 Å². The highest BCUT2D eigenvalue weighted by Crippen LogP contribution is 2.52. The monoisotopic (exact) mass is 948 g/mol. The lowest BCUT2D eigenvalue weighted by molar-refractivity contribution is 0.0715. The summed E-state index contributed by atoms with van der Waals surface area (Å²) >= 11 is 3.14. The molecule has 6 heterocycles. The number of alkyl halides is 1. The number of fused-ring (bicyclic) bond motifs is 4. The maximum absolute atomic E-state index is 13.8. The van der Waals surface area contributed by atoms with Crippen molar-refractivity contribution in [3.63, 3.8) is 0 Å². The third-order valence-corrected chi connectivity index (χ3v) is 15.8. The number of benzene rings is 4. The van der Waals surface area contributed by atoms with Gasteiger partial charge in [-0.3, -0.25) is 14.4 Å². The van der Waals surface area contributed by atoms with Crippen LogP contribution in [0, 0.1) is 44.4 Å². The molecule has 68 heavy (non-hydrogen) atoms. The van der Waals surface area contributed by atoms with Gasteiger partial charge in [0.05, 0.1) is 75.8 Å². The van der Waals surface area contributed by atoms with Gasteiger partial charge in [-0.2, -0.15) is 30.0 Å². The van der Waals surface area contributed by atoms with E-state index in [9.17, 15) is 18.8 Å². The maximum Gasteiger partial charge on any atom is 0.259 e. The minimum atomic E-state index is -0.441. The number of halogens is 1. The molecule has 12 rings (SSSR count). The third-order valence-electron chi connectivity index (χ3n) is 13.7. The predicted octanol–water partition coefficient (Wildman–Crippen LogP) is 7.52. The normalized spacial score (nSPS) is 21.2. The molecule has 4 aliphatic rings. The van der Waals surface area contributed by atoms with E-state index in [1.165, 1.54) is 21.4 Å². The molecule has 4 aromatic carbocycles. The Labute approximate surface area is 399 Å². The summed E-state index contributed by atoms with van der Waals surface area (Å²) < 4.78 is 15.3. The van der Waals surface area contributed by atoms with Crippen LogP contribution in [0.25, 0.3) is 33.3 Å². The van der Waals surface area contributed by atoms with Gasteiger partial charge < -0.3 is 19.4 Å². The maximum atomic E-state index is 13.8. The summed E-state index contributed by atoms with van der Waals surface area (Å²) in [6, 6.07) is 25.2. The van der Waals surface area contributed by atoms with Gasteiger partial charge in [0.25, 0.3) is 17.4 Å². The summed E-state index contributed by atoms with van der Waals surface area (Å²) in [5.41, 5.74) is 8.17. The van der Waals surface area contributed by atoms with E-state index in [0.29, 0.717) is 68.0 Å². The molecule has 4 aromatic heterocycles. The Balaban J connectivity index is 0.000000149. The summed E-state index contributed by atoms with van der Waals surface area (Å²) in [6.07, 6.45) is 8.76. The van der Waals surface area contributed by atoms with Gasteiger partial charge in [-0.25, -0.2) is 14.4 Å². The van der Waals surface area contributed by atoms with Gasteiger partial charge in [-0.15, -0.1) is 0 Å². The second-order valence-electron chi connectivity index (χ2n) is 18.3. The van der Waals surface area contributed by atoms with Crippen molar-refractivity contribution in [3.05, 3.63) is 142 Å². The molecule has 6 unspecified atom stereocenters. The number of para-hydroxylation sites is 1. The smallest absolute Gasteiger partial charge is 0.259 e. The summed E-state index contributed by atoms with van der Waals surface area (Å²) in [6.45, 7) is 7.38. The molecule has 2 aliphatic carbocycles. The van der Waals surface area contributed by atoms with Crippen LogP contribution >= 0.6 is 23.5 Å². The first kappa shape index (κ1) is 43.9. The van der Waals surface area contributed by atoms with Crippen LogP contribution in [0.15, 0.2) is 119 Å². The SMILES string of the molecule is Cc1ccc(-n2nccn2)c(C(=O)N2CC3CC3C2CSc2nc3cc(C)ccc3n2CCF)c1.Cc1ccc(-n2nccn2)c(C(=O)N2CC3CC3C2CSc2nc3ccccc3c(=O)[nH]2)c1. The van der Waals surface area contributed by atoms with Gasteiger partial charge in [-0.05, 0) is 111 Å². The van der Waals surface area contributed by atoms with E-state index in [4.69, 9.17) is 4.98 Å². The average molecular weight is 949 g/mol. The molecule has 18 heteroatoms. The van der Waals surface area contributed by atoms with Gasteiger partial charge in [0.15, 0.2) is 10.3 Å². The van der Waals surface area contributed by atoms with Crippen LogP contribution in [-0.2, 0) is 6.54 Å². The number of hydrogen-bond donors (Lipinski definition) is 1. The topological polar surface area (TPSA) is 166 Å². The van der Waals surface area contributed by atoms with E-state index in [1.807, 2.05) is 108 Å². The molecule has 2 amide bonds. The number of nitrogens with zero attached hydrogens (tertiary/aromatic N) is 11. The number of likely N-dealkylation sites (tertiary alicyclic amines) is 2. The molecule has 0 spiro atoms. The Hall–Kier alpha value is -6.66. The zero-order valence-corrected chi connectivity index (χ0v) is 39.4. The minimum absolute atomic E-state index is 0.00349. The Bertz CT molecular complexity index is 3250. The van der Waals surface area contributed by atoms with Crippen molar-refractivity contribution in [2.24, 2.45) is 23.7 Å². The van der Waals surface area contributed by atoms with E-state index < -0.39 is 6.67 Å². The standard InChI is InChI=1S/C26H27FN6OS.C24H22N6O2S/c1-16-3-5-22(33-28-8-9-29-33)20(11-16)25(34)32-14-18-13-19(18)24(32)15-35-26-30-21-12-17(2)4-6-23(21)31(26)10-7-27;1-14-6-7-20(30-25-8-9-26-30)18(10-14)23(32)29-12-15-11-17(15)21(29)13-33-24-27-19-5-3-2-4-16(19)22(31)28-24/h3-6,8-9,11-12,18-19,24H,7,10,13-15H2,1-2H3;2-10,15,17,21H,11-13H2,1H3,(H,27,28,31). The molecule has 6 atom stereocenters. The first-order chi connectivity index (χ1) is 33.1. The Morgan fingerprint density at radius 3 is 1.81 bits per heavy atom. The summed E-state index contributed by atoms with van der Waals surface area (Å²) in [7, 11) is 0. The summed E-state index contributed by atoms with van der Waals surface area (Å²) in [5.74, 6) is 3.59. The summed E-state index contributed by atoms with van der Waals surface area (Å²) in [4.78, 5) is 59.3. The molecule has 2 saturated heterocycles. The highest BCUT2D eigenvalue weighted by molar-refractivity contribution is 7.99. The summed E-state index contributed by atoms with van der Waals surface area (Å²) in [5, 5.41) is 18.9. The zero-order valence-electron chi connectivity index (χ0n) is 37.8. The number of carbonyl (C=O) groups excluding carboxylic acids is 2. The van der Waals surface area contributed by atoms with Gasteiger partial charge in [-0.1, -0.05) is 65.0 Å². The van der Waals surface area contributed by atoms with Crippen LogP contribution in [-0.4, -0.2) is 114 Å². The van der Waals surface area contributed by atoms with Crippen molar-refractivity contribution >= 4 is 57.3 Å². The Morgan fingerprint density at radius 2 is 1.22 bits per heavy atom. The number of amides is 2. The zero-order chi connectivity index (χ0) is 46.6. The molecule has 0 radical (unpaired) electrons. The van der Waals surface area contributed by atoms with Crippen molar-refractivity contribution in [1.82, 2.24) is 59.3 Å². The number of thioether (sulfide) groups is 2. The van der Waals surface area contributed by atoms with Gasteiger partial charge >= 0.3 is 0 Å². The van der Waals surface area contributed by atoms with Crippen molar-refractivity contribution in [1.29, 1.82) is 0 Å². The van der Waals surface area contributed by atoms with Crippen molar-refractivity contribution in [2.75, 3.05) is 31.3 Å². The average Bonchev–Trinajstić information content (AvgIpc) is 3.78. The first-order valence-corrected chi connectivity index (χ1v) is 24.9. The lowest BCUT2D eigenvalue weighted by Gasteiger charge is -2.28. The lowest BCUT2D eigenvalue weighted by Crippen LogP contribution is -2.40. The second-order valence-corrected chi connectivity index (χ2v) is 20.3. The number of aromatic amines is 1. The molecule has 8 aromatic rings. The quantitative estimate of drug-likeness (QED) is 0.0951. The number of aromatic nitrogens is 10. The second kappa shape index (κ2) is 18.1.